The highest BCUT2D eigenvalue weighted by Crippen LogP contribution is 2.38. The number of nitro groups is 2. The fourth-order valence-corrected chi connectivity index (χ4v) is 2.08. The molecular formula is C13H17N3O6. The zero-order valence-electron chi connectivity index (χ0n) is 12.6. The molecule has 9 nitrogen and oxygen atoms in total. The molecule has 0 N–H and O–H groups in total. The highest BCUT2D eigenvalue weighted by Gasteiger charge is 2.31. The predicted molar refractivity (Wildman–Crippen MR) is 79.3 cm³/mol. The first-order valence-electron chi connectivity index (χ1n) is 6.76. The monoisotopic (exact) mass is 311 g/mol. The van der Waals surface area contributed by atoms with Crippen LogP contribution < -0.4 is 4.90 Å². The molecule has 0 aliphatic heterocycles. The lowest BCUT2D eigenvalue weighted by molar-refractivity contribution is -0.392. The Morgan fingerprint density at radius 2 is 1.55 bits per heavy atom. The number of rotatable bonds is 7. The van der Waals surface area contributed by atoms with Crippen LogP contribution in [0.1, 0.15) is 31.1 Å². The minimum absolute atomic E-state index is 0.0677. The van der Waals surface area contributed by atoms with Gasteiger partial charge in [0.25, 0.3) is 0 Å². The summed E-state index contributed by atoms with van der Waals surface area (Å²) in [5.74, 6) is -0.834. The quantitative estimate of drug-likeness (QED) is 0.431. The normalized spacial score (nSPS) is 10.1. The second kappa shape index (κ2) is 7.34. The van der Waals surface area contributed by atoms with E-state index in [0.29, 0.717) is 13.1 Å². The summed E-state index contributed by atoms with van der Waals surface area (Å²) in [4.78, 5) is 34.3. The second-order valence-electron chi connectivity index (χ2n) is 4.27. The van der Waals surface area contributed by atoms with Crippen LogP contribution in [0.3, 0.4) is 0 Å². The molecule has 1 aromatic carbocycles. The molecule has 0 saturated heterocycles. The molecule has 9 heteroatoms. The Balaban J connectivity index is 3.64. The van der Waals surface area contributed by atoms with Crippen molar-refractivity contribution in [3.05, 3.63) is 37.9 Å². The molecule has 0 aromatic heterocycles. The van der Waals surface area contributed by atoms with Gasteiger partial charge in [-0.2, -0.15) is 0 Å². The minimum atomic E-state index is -0.834. The first-order valence-corrected chi connectivity index (χ1v) is 6.76. The number of hydrogen-bond acceptors (Lipinski definition) is 7. The van der Waals surface area contributed by atoms with E-state index in [9.17, 15) is 25.0 Å². The number of carbonyl (C=O) groups excluding carboxylic acids is 1. The van der Waals surface area contributed by atoms with E-state index in [1.807, 2.05) is 0 Å². The number of esters is 1. The van der Waals surface area contributed by atoms with Gasteiger partial charge in [0.1, 0.15) is 0 Å². The van der Waals surface area contributed by atoms with E-state index >= 15 is 0 Å². The molecule has 0 aliphatic rings. The van der Waals surface area contributed by atoms with Crippen LogP contribution >= 0.6 is 0 Å². The van der Waals surface area contributed by atoms with Crippen LogP contribution in [0, 0.1) is 20.2 Å². The first kappa shape index (κ1) is 17.3. The Bertz CT molecular complexity index is 562. The van der Waals surface area contributed by atoms with Crippen molar-refractivity contribution in [3.8, 4) is 0 Å². The van der Waals surface area contributed by atoms with Crippen molar-refractivity contribution in [1.82, 2.24) is 0 Å². The smallest absolute Gasteiger partial charge is 0.338 e. The predicted octanol–water partition coefficient (Wildman–Crippen LogP) is 2.53. The number of hydrogen-bond donors (Lipinski definition) is 0. The summed E-state index contributed by atoms with van der Waals surface area (Å²) in [6.45, 7) is 5.82. The van der Waals surface area contributed by atoms with Gasteiger partial charge < -0.3 is 9.64 Å². The summed E-state index contributed by atoms with van der Waals surface area (Å²) in [6.07, 6.45) is 0. The number of benzene rings is 1. The fourth-order valence-electron chi connectivity index (χ4n) is 2.08. The van der Waals surface area contributed by atoms with E-state index in [0.717, 1.165) is 12.1 Å². The highest BCUT2D eigenvalue weighted by atomic mass is 16.6. The van der Waals surface area contributed by atoms with Gasteiger partial charge in [0, 0.05) is 25.2 Å². The lowest BCUT2D eigenvalue weighted by Crippen LogP contribution is -2.24. The maximum atomic E-state index is 11.7. The summed E-state index contributed by atoms with van der Waals surface area (Å²) in [7, 11) is 0. The molecule has 0 fully saturated rings. The first-order chi connectivity index (χ1) is 10.4. The lowest BCUT2D eigenvalue weighted by atomic mass is 10.1. The van der Waals surface area contributed by atoms with Gasteiger partial charge in [-0.15, -0.1) is 0 Å². The minimum Gasteiger partial charge on any atom is -0.462 e. The number of anilines is 1. The largest absolute Gasteiger partial charge is 0.462 e. The van der Waals surface area contributed by atoms with Crippen molar-refractivity contribution < 1.29 is 19.4 Å². The third-order valence-corrected chi connectivity index (χ3v) is 3.05. The molecule has 120 valence electrons. The van der Waals surface area contributed by atoms with Gasteiger partial charge in [-0.3, -0.25) is 20.2 Å². The van der Waals surface area contributed by atoms with E-state index in [2.05, 4.69) is 0 Å². The molecule has 1 aromatic rings. The van der Waals surface area contributed by atoms with Crippen LogP contribution in [0.15, 0.2) is 12.1 Å². The maximum absolute atomic E-state index is 11.7. The third kappa shape index (κ3) is 3.48. The van der Waals surface area contributed by atoms with Crippen molar-refractivity contribution in [3.63, 3.8) is 0 Å². The van der Waals surface area contributed by atoms with Gasteiger partial charge in [-0.05, 0) is 20.8 Å². The molecule has 0 saturated carbocycles. The SMILES string of the molecule is CCOC(=O)c1cc([N+](=O)[O-])c(N(CC)CC)c([N+](=O)[O-])c1. The van der Waals surface area contributed by atoms with Crippen LogP contribution in [0.5, 0.6) is 0 Å². The third-order valence-electron chi connectivity index (χ3n) is 3.05. The van der Waals surface area contributed by atoms with Gasteiger partial charge in [0.2, 0.25) is 0 Å². The van der Waals surface area contributed by atoms with Gasteiger partial charge in [-0.1, -0.05) is 0 Å². The zero-order valence-corrected chi connectivity index (χ0v) is 12.6. The molecule has 0 amide bonds. The van der Waals surface area contributed by atoms with Crippen molar-refractivity contribution in [2.45, 2.75) is 20.8 Å². The summed E-state index contributed by atoms with van der Waals surface area (Å²) in [6, 6.07) is 2.03. The Kier molecular flexibility index (Phi) is 5.79. The Hall–Kier alpha value is -2.71. The molecule has 0 spiro atoms. The number of nitro benzene ring substituents is 2. The Morgan fingerprint density at radius 3 is 1.86 bits per heavy atom. The van der Waals surface area contributed by atoms with E-state index in [1.165, 1.54) is 4.90 Å². The van der Waals surface area contributed by atoms with Gasteiger partial charge in [-0.25, -0.2) is 4.79 Å². The average molecular weight is 311 g/mol. The van der Waals surface area contributed by atoms with E-state index in [1.54, 1.807) is 20.8 Å². The average Bonchev–Trinajstić information content (AvgIpc) is 2.48. The maximum Gasteiger partial charge on any atom is 0.338 e. The van der Waals surface area contributed by atoms with Crippen LogP contribution in [0.25, 0.3) is 0 Å². The van der Waals surface area contributed by atoms with Crippen molar-refractivity contribution in [2.24, 2.45) is 0 Å². The van der Waals surface area contributed by atoms with Crippen molar-refractivity contribution in [1.29, 1.82) is 0 Å². The molecule has 0 unspecified atom stereocenters. The molecule has 1 rings (SSSR count). The van der Waals surface area contributed by atoms with Crippen molar-refractivity contribution in [2.75, 3.05) is 24.6 Å². The summed E-state index contributed by atoms with van der Waals surface area (Å²) in [5, 5.41) is 22.5. The zero-order chi connectivity index (χ0) is 16.9. The number of nitrogens with zero attached hydrogens (tertiary/aromatic N) is 3. The lowest BCUT2D eigenvalue weighted by Gasteiger charge is -2.20. The Labute approximate surface area is 126 Å². The van der Waals surface area contributed by atoms with Crippen LogP contribution in [0.2, 0.25) is 0 Å². The summed E-state index contributed by atoms with van der Waals surface area (Å²) in [5.41, 5.74) is -1.29. The summed E-state index contributed by atoms with van der Waals surface area (Å²) >= 11 is 0. The molecule has 0 radical (unpaired) electrons. The topological polar surface area (TPSA) is 116 Å². The van der Waals surface area contributed by atoms with Crippen LogP contribution in [0.4, 0.5) is 17.1 Å². The van der Waals surface area contributed by atoms with Gasteiger partial charge >= 0.3 is 17.3 Å². The van der Waals surface area contributed by atoms with E-state index in [4.69, 9.17) is 4.74 Å². The molecule has 0 bridgehead atoms. The highest BCUT2D eigenvalue weighted by molar-refractivity contribution is 5.94. The van der Waals surface area contributed by atoms with Gasteiger partial charge in [0.15, 0.2) is 5.69 Å². The number of carbonyl (C=O) groups is 1. The fraction of sp³-hybridized carbons (Fsp3) is 0.462. The number of ether oxygens (including phenoxy) is 1. The van der Waals surface area contributed by atoms with E-state index in [-0.39, 0.29) is 17.9 Å². The standard InChI is InChI=1S/C13H17N3O6/c1-4-14(5-2)12-10(15(18)19)7-9(13(17)22-6-3)8-11(12)16(20)21/h7-8H,4-6H2,1-3H3. The molecule has 0 atom stereocenters. The molecular weight excluding hydrogens is 294 g/mol. The second-order valence-corrected chi connectivity index (χ2v) is 4.27. The van der Waals surface area contributed by atoms with E-state index < -0.39 is 27.2 Å². The molecule has 0 aliphatic carbocycles. The molecule has 0 heterocycles. The van der Waals surface area contributed by atoms with Crippen molar-refractivity contribution >= 4 is 23.0 Å². The van der Waals surface area contributed by atoms with Gasteiger partial charge in [0.05, 0.1) is 22.0 Å². The van der Waals surface area contributed by atoms with Crippen LogP contribution in [-0.2, 0) is 4.74 Å². The summed E-state index contributed by atoms with van der Waals surface area (Å²) < 4.78 is 4.75. The molecule has 22 heavy (non-hydrogen) atoms. The Morgan fingerprint density at radius 1 is 1.09 bits per heavy atom. The van der Waals surface area contributed by atoms with Crippen LogP contribution in [-0.4, -0.2) is 35.5 Å².